The Balaban J connectivity index is 2.35. The molecule has 1 aromatic carbocycles. The van der Waals surface area contributed by atoms with Crippen molar-refractivity contribution in [3.05, 3.63) is 41.2 Å². The first-order chi connectivity index (χ1) is 9.72. The van der Waals surface area contributed by atoms with Gasteiger partial charge >= 0.3 is 0 Å². The molecule has 112 valence electrons. The highest BCUT2D eigenvalue weighted by atomic mass is 32.2. The number of carboxylic acid groups (broad SMARTS) is 1. The van der Waals surface area contributed by atoms with Crippen LogP contribution in [0.15, 0.2) is 29.2 Å². The number of nitrogens with zero attached hydrogens (tertiary/aromatic N) is 2. The second-order valence-corrected chi connectivity index (χ2v) is 6.21. The maximum absolute atomic E-state index is 12.4. The summed E-state index contributed by atoms with van der Waals surface area (Å²) in [7, 11) is -2.12. The Labute approximate surface area is 122 Å². The number of rotatable bonds is 4. The summed E-state index contributed by atoms with van der Waals surface area (Å²) >= 11 is 0. The summed E-state index contributed by atoms with van der Waals surface area (Å²) in [5.74, 6) is -1.32. The molecule has 0 atom stereocenters. The predicted octanol–water partition coefficient (Wildman–Crippen LogP) is 0.201. The molecule has 0 fully saturated rings. The average Bonchev–Trinajstić information content (AvgIpc) is 2.63. The molecule has 0 aliphatic heterocycles. The lowest BCUT2D eigenvalue weighted by atomic mass is 10.2. The van der Waals surface area contributed by atoms with Crippen molar-refractivity contribution in [2.45, 2.75) is 18.7 Å². The molecule has 0 spiro atoms. The molecule has 0 unspecified atom stereocenters. The third-order valence-corrected chi connectivity index (χ3v) is 4.72. The summed E-state index contributed by atoms with van der Waals surface area (Å²) in [6.07, 6.45) is 0. The number of benzene rings is 1. The summed E-state index contributed by atoms with van der Waals surface area (Å²) in [4.78, 5) is 10.8. The summed E-state index contributed by atoms with van der Waals surface area (Å²) in [6, 6.07) is 5.28. The topological polar surface area (TPSA) is 104 Å². The Morgan fingerprint density at radius 3 is 2.24 bits per heavy atom. The zero-order valence-electron chi connectivity index (χ0n) is 11.7. The maximum atomic E-state index is 12.4. The maximum Gasteiger partial charge on any atom is 0.265 e. The van der Waals surface area contributed by atoms with Crippen LogP contribution in [0.3, 0.4) is 0 Å². The van der Waals surface area contributed by atoms with Crippen molar-refractivity contribution in [1.82, 2.24) is 9.78 Å². The Morgan fingerprint density at radius 2 is 1.81 bits per heavy atom. The van der Waals surface area contributed by atoms with Crippen molar-refractivity contribution in [1.29, 1.82) is 0 Å². The van der Waals surface area contributed by atoms with E-state index in [1.165, 1.54) is 28.9 Å². The van der Waals surface area contributed by atoms with Crippen LogP contribution in [-0.4, -0.2) is 24.2 Å². The van der Waals surface area contributed by atoms with Gasteiger partial charge in [0.2, 0.25) is 0 Å². The highest BCUT2D eigenvalue weighted by molar-refractivity contribution is 7.92. The fourth-order valence-electron chi connectivity index (χ4n) is 2.02. The number of hydrogen-bond acceptors (Lipinski definition) is 5. The van der Waals surface area contributed by atoms with Gasteiger partial charge in [-0.2, -0.15) is 5.10 Å². The smallest absolute Gasteiger partial charge is 0.265 e. The van der Waals surface area contributed by atoms with Crippen LogP contribution in [0.2, 0.25) is 0 Å². The van der Waals surface area contributed by atoms with Crippen molar-refractivity contribution >= 4 is 21.7 Å². The molecule has 0 aliphatic carbocycles. The van der Waals surface area contributed by atoms with Crippen molar-refractivity contribution in [3.63, 3.8) is 0 Å². The zero-order chi connectivity index (χ0) is 15.8. The van der Waals surface area contributed by atoms with Crippen molar-refractivity contribution < 1.29 is 18.3 Å². The van der Waals surface area contributed by atoms with E-state index in [4.69, 9.17) is 0 Å². The van der Waals surface area contributed by atoms with E-state index in [9.17, 15) is 18.3 Å². The Kier molecular flexibility index (Phi) is 3.73. The molecule has 7 nitrogen and oxygen atoms in total. The highest BCUT2D eigenvalue weighted by Crippen LogP contribution is 2.22. The normalized spacial score (nSPS) is 11.4. The van der Waals surface area contributed by atoms with Crippen molar-refractivity contribution in [2.75, 3.05) is 4.72 Å². The predicted molar refractivity (Wildman–Crippen MR) is 74.3 cm³/mol. The number of nitrogens with one attached hydrogen (secondary N) is 1. The van der Waals surface area contributed by atoms with Gasteiger partial charge in [-0.25, -0.2) is 8.42 Å². The molecule has 0 saturated heterocycles. The first-order valence-electron chi connectivity index (χ1n) is 6.07. The van der Waals surface area contributed by atoms with E-state index in [2.05, 4.69) is 9.82 Å². The lowest BCUT2D eigenvalue weighted by molar-refractivity contribution is -0.255. The van der Waals surface area contributed by atoms with E-state index >= 15 is 0 Å². The zero-order valence-corrected chi connectivity index (χ0v) is 12.6. The summed E-state index contributed by atoms with van der Waals surface area (Å²) in [6.45, 7) is 3.27. The number of carboxylic acids is 1. The molecule has 0 saturated carbocycles. The molecule has 0 bridgehead atoms. The molecule has 2 rings (SSSR count). The molecular weight excluding hydrogens is 294 g/mol. The molecular formula is C13H14N3O4S-. The van der Waals surface area contributed by atoms with Gasteiger partial charge in [0.25, 0.3) is 10.0 Å². The minimum absolute atomic E-state index is 0.0216. The highest BCUT2D eigenvalue weighted by Gasteiger charge is 2.23. The second kappa shape index (κ2) is 5.21. The molecule has 1 aromatic heterocycles. The van der Waals surface area contributed by atoms with Gasteiger partial charge in [0.05, 0.1) is 17.4 Å². The molecule has 0 amide bonds. The van der Waals surface area contributed by atoms with Gasteiger partial charge < -0.3 is 9.90 Å². The largest absolute Gasteiger partial charge is 0.545 e. The second-order valence-electron chi connectivity index (χ2n) is 4.59. The Bertz CT molecular complexity index is 792. The molecule has 8 heteroatoms. The fraction of sp³-hybridized carbons (Fsp3) is 0.231. The lowest BCUT2D eigenvalue weighted by Gasteiger charge is -2.09. The Morgan fingerprint density at radius 1 is 1.24 bits per heavy atom. The van der Waals surface area contributed by atoms with Crippen LogP contribution in [0.4, 0.5) is 5.69 Å². The number of carbonyl (C=O) groups is 1. The first kappa shape index (κ1) is 15.0. The van der Waals surface area contributed by atoms with Crippen LogP contribution >= 0.6 is 0 Å². The van der Waals surface area contributed by atoms with Crippen LogP contribution in [0, 0.1) is 13.8 Å². The first-order valence-corrected chi connectivity index (χ1v) is 7.55. The summed E-state index contributed by atoms with van der Waals surface area (Å²) in [5.41, 5.74) is 1.16. The molecule has 1 N–H and O–H groups in total. The van der Waals surface area contributed by atoms with Crippen LogP contribution in [0.1, 0.15) is 21.7 Å². The van der Waals surface area contributed by atoms with E-state index in [0.717, 1.165) is 0 Å². The third-order valence-electron chi connectivity index (χ3n) is 3.08. The number of hydrogen-bond donors (Lipinski definition) is 1. The van der Waals surface area contributed by atoms with Gasteiger partial charge in [-0.1, -0.05) is 12.1 Å². The molecule has 0 aliphatic rings. The van der Waals surface area contributed by atoms with Gasteiger partial charge in [0, 0.05) is 12.7 Å². The lowest BCUT2D eigenvalue weighted by Crippen LogP contribution is -2.22. The van der Waals surface area contributed by atoms with E-state index in [1.54, 1.807) is 20.9 Å². The van der Waals surface area contributed by atoms with E-state index in [0.29, 0.717) is 11.4 Å². The van der Waals surface area contributed by atoms with Crippen LogP contribution < -0.4 is 9.83 Å². The molecule has 2 aromatic rings. The standard InChI is InChI=1S/C13H15N3O4S/c1-8-12(9(2)16(3)14-8)21(19,20)15-11-6-4-10(5-7-11)13(17)18/h4-7,15H,1-3H3,(H,17,18)/p-1. The SMILES string of the molecule is Cc1nn(C)c(C)c1S(=O)(=O)Nc1ccc(C(=O)[O-])cc1. The minimum atomic E-state index is -3.78. The monoisotopic (exact) mass is 308 g/mol. The molecule has 21 heavy (non-hydrogen) atoms. The average molecular weight is 308 g/mol. The number of aromatic nitrogens is 2. The molecule has 1 heterocycles. The number of carbonyl (C=O) groups excluding carboxylic acids is 1. The van der Waals surface area contributed by atoms with Crippen molar-refractivity contribution in [2.24, 2.45) is 7.05 Å². The van der Waals surface area contributed by atoms with Gasteiger partial charge in [0.15, 0.2) is 0 Å². The number of aromatic carboxylic acids is 1. The van der Waals surface area contributed by atoms with Gasteiger partial charge in [-0.3, -0.25) is 9.40 Å². The van der Waals surface area contributed by atoms with Gasteiger partial charge in [-0.15, -0.1) is 0 Å². The van der Waals surface area contributed by atoms with Crippen LogP contribution in [-0.2, 0) is 17.1 Å². The quantitative estimate of drug-likeness (QED) is 0.869. The third kappa shape index (κ3) is 2.89. The van der Waals surface area contributed by atoms with E-state index < -0.39 is 16.0 Å². The van der Waals surface area contributed by atoms with Crippen LogP contribution in [0.25, 0.3) is 0 Å². The van der Waals surface area contributed by atoms with Crippen LogP contribution in [0.5, 0.6) is 0 Å². The minimum Gasteiger partial charge on any atom is -0.545 e. The number of anilines is 1. The van der Waals surface area contributed by atoms with Crippen molar-refractivity contribution in [3.8, 4) is 0 Å². The Hall–Kier alpha value is -2.35. The summed E-state index contributed by atoms with van der Waals surface area (Å²) < 4.78 is 28.7. The van der Waals surface area contributed by atoms with E-state index in [-0.39, 0.29) is 16.1 Å². The fourth-order valence-corrected chi connectivity index (χ4v) is 3.52. The van der Waals surface area contributed by atoms with Gasteiger partial charge in [0.1, 0.15) is 4.90 Å². The summed E-state index contributed by atoms with van der Waals surface area (Å²) in [5, 5.41) is 14.7. The number of aryl methyl sites for hydroxylation is 2. The van der Waals surface area contributed by atoms with Gasteiger partial charge in [-0.05, 0) is 31.5 Å². The number of sulfonamides is 1. The molecule has 0 radical (unpaired) electrons. The van der Waals surface area contributed by atoms with E-state index in [1.807, 2.05) is 0 Å².